The van der Waals surface area contributed by atoms with Crippen molar-refractivity contribution in [1.29, 1.82) is 0 Å². The molecule has 6 aromatic carbocycles. The normalized spacial score (nSPS) is 11.4. The summed E-state index contributed by atoms with van der Waals surface area (Å²) in [5, 5.41) is 3.20. The standard InChI is InChI=1S/C50H34N6/c1-2-40-26-24-34-25-27-42-43(31-44(32-13-5-3-6-14-32)53-47(42)46(34)52-40)37-19-10-21-39(30-37)50-55-48(35-15-7-4-8-16-35)54-49(56-50)38-20-9-18-36(29-38)41-23-11-17-33-22-12-28-51-45(33)41/h3-31H,2H2,1H3. The van der Waals surface area contributed by atoms with E-state index in [0.29, 0.717) is 17.5 Å². The smallest absolute Gasteiger partial charge is 0.164 e. The summed E-state index contributed by atoms with van der Waals surface area (Å²) in [5.74, 6) is 1.80. The van der Waals surface area contributed by atoms with Crippen LogP contribution in [0.4, 0.5) is 0 Å². The third kappa shape index (κ3) is 6.13. The number of aromatic nitrogens is 6. The lowest BCUT2D eigenvalue weighted by atomic mass is 9.95. The number of nitrogens with zero attached hydrogens (tertiary/aromatic N) is 6. The Morgan fingerprint density at radius 3 is 1.66 bits per heavy atom. The predicted octanol–water partition coefficient (Wildman–Crippen LogP) is 12.1. The first-order valence-electron chi connectivity index (χ1n) is 18.8. The van der Waals surface area contributed by atoms with Gasteiger partial charge in [0, 0.05) is 55.9 Å². The van der Waals surface area contributed by atoms with Crippen LogP contribution in [-0.4, -0.2) is 29.9 Å². The SMILES string of the molecule is CCc1ccc2ccc3c(-c4cccc(-c5nc(-c6ccccc6)nc(-c6cccc(-c7cccc8cccnc78)c6)n5)c4)cc(-c4ccccc4)nc3c2n1. The van der Waals surface area contributed by atoms with Crippen LogP contribution < -0.4 is 0 Å². The van der Waals surface area contributed by atoms with E-state index >= 15 is 0 Å². The number of hydrogen-bond donors (Lipinski definition) is 0. The van der Waals surface area contributed by atoms with E-state index in [1.165, 1.54) is 0 Å². The summed E-state index contributed by atoms with van der Waals surface area (Å²) in [5.41, 5.74) is 12.6. The molecule has 10 aromatic rings. The molecule has 6 nitrogen and oxygen atoms in total. The largest absolute Gasteiger partial charge is 0.256 e. The van der Waals surface area contributed by atoms with Gasteiger partial charge < -0.3 is 0 Å². The fraction of sp³-hybridized carbons (Fsp3) is 0.0400. The second-order valence-electron chi connectivity index (χ2n) is 13.8. The van der Waals surface area contributed by atoms with Gasteiger partial charge in [0.15, 0.2) is 17.5 Å². The second kappa shape index (κ2) is 14.1. The van der Waals surface area contributed by atoms with Crippen molar-refractivity contribution in [3.05, 3.63) is 182 Å². The molecular formula is C50H34N6. The Morgan fingerprint density at radius 2 is 0.946 bits per heavy atom. The first kappa shape index (κ1) is 33.2. The maximum atomic E-state index is 5.25. The molecule has 0 bridgehead atoms. The molecule has 4 heterocycles. The van der Waals surface area contributed by atoms with Crippen LogP contribution in [0, 0.1) is 0 Å². The van der Waals surface area contributed by atoms with Crippen LogP contribution in [0.15, 0.2) is 176 Å². The molecule has 10 rings (SSSR count). The van der Waals surface area contributed by atoms with Crippen molar-refractivity contribution in [3.63, 3.8) is 0 Å². The van der Waals surface area contributed by atoms with Crippen LogP contribution in [0.2, 0.25) is 0 Å². The number of pyridine rings is 3. The lowest BCUT2D eigenvalue weighted by Crippen LogP contribution is -2.00. The van der Waals surface area contributed by atoms with E-state index in [9.17, 15) is 0 Å². The first-order chi connectivity index (χ1) is 27.7. The number of rotatable bonds is 7. The van der Waals surface area contributed by atoms with Gasteiger partial charge >= 0.3 is 0 Å². The van der Waals surface area contributed by atoms with Crippen LogP contribution >= 0.6 is 0 Å². The van der Waals surface area contributed by atoms with Crippen molar-refractivity contribution < 1.29 is 0 Å². The van der Waals surface area contributed by atoms with Crippen LogP contribution in [0.1, 0.15) is 12.6 Å². The van der Waals surface area contributed by atoms with Gasteiger partial charge in [0.25, 0.3) is 0 Å². The Kier molecular flexibility index (Phi) is 8.34. The second-order valence-corrected chi connectivity index (χ2v) is 13.8. The highest BCUT2D eigenvalue weighted by Gasteiger charge is 2.17. The lowest BCUT2D eigenvalue weighted by molar-refractivity contribution is 1.06. The highest BCUT2D eigenvalue weighted by molar-refractivity contribution is 6.09. The number of para-hydroxylation sites is 1. The van der Waals surface area contributed by atoms with Crippen molar-refractivity contribution in [2.45, 2.75) is 13.3 Å². The van der Waals surface area contributed by atoms with Gasteiger partial charge in [-0.2, -0.15) is 0 Å². The minimum atomic E-state index is 0.592. The molecule has 264 valence electrons. The van der Waals surface area contributed by atoms with Gasteiger partial charge in [0.2, 0.25) is 0 Å². The summed E-state index contributed by atoms with van der Waals surface area (Å²) in [6.07, 6.45) is 2.69. The molecule has 0 amide bonds. The summed E-state index contributed by atoms with van der Waals surface area (Å²) in [6, 6.07) is 58.4. The first-order valence-corrected chi connectivity index (χ1v) is 18.8. The van der Waals surface area contributed by atoms with E-state index in [2.05, 4.69) is 134 Å². The van der Waals surface area contributed by atoms with Crippen LogP contribution in [0.5, 0.6) is 0 Å². The quantitative estimate of drug-likeness (QED) is 0.153. The maximum Gasteiger partial charge on any atom is 0.164 e. The Balaban J connectivity index is 1.15. The summed E-state index contributed by atoms with van der Waals surface area (Å²) >= 11 is 0. The minimum Gasteiger partial charge on any atom is -0.256 e. The zero-order chi connectivity index (χ0) is 37.4. The van der Waals surface area contributed by atoms with Crippen molar-refractivity contribution in [2.75, 3.05) is 0 Å². The fourth-order valence-corrected chi connectivity index (χ4v) is 7.44. The van der Waals surface area contributed by atoms with Crippen molar-refractivity contribution >= 4 is 32.7 Å². The van der Waals surface area contributed by atoms with Gasteiger partial charge in [-0.1, -0.05) is 146 Å². The van der Waals surface area contributed by atoms with Gasteiger partial charge in [0.1, 0.15) is 0 Å². The summed E-state index contributed by atoms with van der Waals surface area (Å²) in [6.45, 7) is 2.13. The van der Waals surface area contributed by atoms with E-state index in [0.717, 1.165) is 95.0 Å². The molecule has 0 N–H and O–H groups in total. The summed E-state index contributed by atoms with van der Waals surface area (Å²) < 4.78 is 0. The molecule has 0 spiro atoms. The Hall–Kier alpha value is -7.44. The molecule has 0 fully saturated rings. The summed E-state index contributed by atoms with van der Waals surface area (Å²) in [4.78, 5) is 30.3. The Labute approximate surface area is 324 Å². The van der Waals surface area contributed by atoms with Gasteiger partial charge in [0.05, 0.1) is 22.2 Å². The molecule has 4 aromatic heterocycles. The Bertz CT molecular complexity index is 3070. The number of aryl methyl sites for hydroxylation is 1. The van der Waals surface area contributed by atoms with E-state index in [4.69, 9.17) is 29.9 Å². The molecule has 0 aliphatic heterocycles. The van der Waals surface area contributed by atoms with E-state index < -0.39 is 0 Å². The average Bonchev–Trinajstić information content (AvgIpc) is 3.28. The molecule has 0 saturated carbocycles. The third-order valence-corrected chi connectivity index (χ3v) is 10.3. The van der Waals surface area contributed by atoms with Crippen molar-refractivity contribution in [1.82, 2.24) is 29.9 Å². The number of hydrogen-bond acceptors (Lipinski definition) is 6. The molecule has 0 saturated heterocycles. The van der Waals surface area contributed by atoms with Gasteiger partial charge in [-0.3, -0.25) is 9.97 Å². The number of benzene rings is 6. The van der Waals surface area contributed by atoms with Gasteiger partial charge in [-0.15, -0.1) is 0 Å². The van der Waals surface area contributed by atoms with E-state index in [1.54, 1.807) is 0 Å². The summed E-state index contributed by atoms with van der Waals surface area (Å²) in [7, 11) is 0. The monoisotopic (exact) mass is 718 g/mol. The topological polar surface area (TPSA) is 77.3 Å². The minimum absolute atomic E-state index is 0.592. The fourth-order valence-electron chi connectivity index (χ4n) is 7.44. The predicted molar refractivity (Wildman–Crippen MR) is 228 cm³/mol. The molecule has 56 heavy (non-hydrogen) atoms. The lowest BCUT2D eigenvalue weighted by Gasteiger charge is -2.14. The van der Waals surface area contributed by atoms with Gasteiger partial charge in [-0.05, 0) is 53.4 Å². The van der Waals surface area contributed by atoms with Gasteiger partial charge in [-0.25, -0.2) is 19.9 Å². The maximum absolute atomic E-state index is 5.25. The van der Waals surface area contributed by atoms with Crippen LogP contribution in [0.3, 0.4) is 0 Å². The number of fused-ring (bicyclic) bond motifs is 4. The van der Waals surface area contributed by atoms with E-state index in [-0.39, 0.29) is 0 Å². The molecule has 0 aliphatic rings. The molecule has 0 unspecified atom stereocenters. The Morgan fingerprint density at radius 1 is 0.375 bits per heavy atom. The van der Waals surface area contributed by atoms with Crippen LogP contribution in [-0.2, 0) is 6.42 Å². The third-order valence-electron chi connectivity index (χ3n) is 10.3. The zero-order valence-corrected chi connectivity index (χ0v) is 30.6. The van der Waals surface area contributed by atoms with Crippen molar-refractivity contribution in [2.24, 2.45) is 0 Å². The molecular weight excluding hydrogens is 685 g/mol. The molecule has 0 atom stereocenters. The average molecular weight is 719 g/mol. The zero-order valence-electron chi connectivity index (χ0n) is 30.6. The van der Waals surface area contributed by atoms with Crippen molar-refractivity contribution in [3.8, 4) is 67.7 Å². The highest BCUT2D eigenvalue weighted by atomic mass is 15.0. The van der Waals surface area contributed by atoms with Crippen LogP contribution in [0.25, 0.3) is 100 Å². The molecule has 0 aliphatic carbocycles. The van der Waals surface area contributed by atoms with E-state index in [1.807, 2.05) is 48.7 Å². The molecule has 0 radical (unpaired) electrons. The molecule has 6 heteroatoms. The highest BCUT2D eigenvalue weighted by Crippen LogP contribution is 2.37.